The summed E-state index contributed by atoms with van der Waals surface area (Å²) in [6, 6.07) is 7.78. The summed E-state index contributed by atoms with van der Waals surface area (Å²) in [5.41, 5.74) is 1.21. The SMILES string of the molecule is CCc1ccc(NC(=O)N2CCC3(CC2)CN(C(=O)N(C)C)CC32CCN(C)C2=O)cc1. The molecule has 0 radical (unpaired) electrons. The monoisotopic (exact) mass is 441 g/mol. The molecule has 3 heterocycles. The Labute approximate surface area is 190 Å². The molecule has 174 valence electrons. The van der Waals surface area contributed by atoms with Crippen molar-refractivity contribution in [2.24, 2.45) is 10.8 Å². The van der Waals surface area contributed by atoms with Crippen LogP contribution >= 0.6 is 0 Å². The zero-order chi connectivity index (χ0) is 23.1. The van der Waals surface area contributed by atoms with Gasteiger partial charge in [0.2, 0.25) is 5.91 Å². The Balaban J connectivity index is 1.48. The maximum atomic E-state index is 13.3. The molecular weight excluding hydrogens is 406 g/mol. The van der Waals surface area contributed by atoms with Crippen molar-refractivity contribution in [3.05, 3.63) is 29.8 Å². The van der Waals surface area contributed by atoms with Crippen LogP contribution < -0.4 is 5.32 Å². The Hall–Kier alpha value is -2.77. The molecule has 1 atom stereocenters. The maximum Gasteiger partial charge on any atom is 0.321 e. The number of hydrogen-bond donors (Lipinski definition) is 1. The fraction of sp³-hybridized carbons (Fsp3) is 0.625. The zero-order valence-electron chi connectivity index (χ0n) is 19.7. The first kappa shape index (κ1) is 22.4. The summed E-state index contributed by atoms with van der Waals surface area (Å²) in [6.07, 6.45) is 3.19. The largest absolute Gasteiger partial charge is 0.345 e. The van der Waals surface area contributed by atoms with E-state index in [4.69, 9.17) is 0 Å². The predicted octanol–water partition coefficient (Wildman–Crippen LogP) is 2.71. The lowest BCUT2D eigenvalue weighted by Gasteiger charge is -2.46. The number of amides is 5. The van der Waals surface area contributed by atoms with E-state index >= 15 is 0 Å². The summed E-state index contributed by atoms with van der Waals surface area (Å²) < 4.78 is 0. The number of anilines is 1. The molecule has 1 N–H and O–H groups in total. The van der Waals surface area contributed by atoms with Crippen molar-refractivity contribution in [2.45, 2.75) is 32.6 Å². The lowest BCUT2D eigenvalue weighted by molar-refractivity contribution is -0.140. The van der Waals surface area contributed by atoms with E-state index < -0.39 is 5.41 Å². The molecule has 0 aromatic heterocycles. The van der Waals surface area contributed by atoms with Gasteiger partial charge in [0.05, 0.1) is 5.41 Å². The zero-order valence-corrected chi connectivity index (χ0v) is 19.7. The number of nitrogens with one attached hydrogen (secondary N) is 1. The van der Waals surface area contributed by atoms with Crippen LogP contribution in [0.5, 0.6) is 0 Å². The second-order valence-corrected chi connectivity index (χ2v) is 9.84. The number of likely N-dealkylation sites (tertiary alicyclic amines) is 3. The van der Waals surface area contributed by atoms with Crippen molar-refractivity contribution < 1.29 is 14.4 Å². The van der Waals surface area contributed by atoms with Gasteiger partial charge in [-0.25, -0.2) is 9.59 Å². The molecule has 8 heteroatoms. The van der Waals surface area contributed by atoms with Crippen LogP contribution in [0.15, 0.2) is 24.3 Å². The summed E-state index contributed by atoms with van der Waals surface area (Å²) in [5.74, 6) is 0.153. The average Bonchev–Trinajstić information content (AvgIpc) is 3.26. The normalized spacial score (nSPS) is 24.5. The molecule has 3 aliphatic heterocycles. The van der Waals surface area contributed by atoms with Crippen LogP contribution in [0.3, 0.4) is 0 Å². The minimum absolute atomic E-state index is 0.0423. The van der Waals surface area contributed by atoms with Gasteiger partial charge in [0.1, 0.15) is 0 Å². The fourth-order valence-electron chi connectivity index (χ4n) is 5.86. The van der Waals surface area contributed by atoms with Crippen LogP contribution in [0.4, 0.5) is 15.3 Å². The molecule has 3 aliphatic rings. The number of aryl methyl sites for hydroxylation is 1. The molecule has 32 heavy (non-hydrogen) atoms. The van der Waals surface area contributed by atoms with Gasteiger partial charge >= 0.3 is 12.1 Å². The first-order valence-corrected chi connectivity index (χ1v) is 11.6. The minimum Gasteiger partial charge on any atom is -0.345 e. The van der Waals surface area contributed by atoms with E-state index in [1.54, 1.807) is 19.0 Å². The van der Waals surface area contributed by atoms with Crippen LogP contribution in [0.2, 0.25) is 0 Å². The Kier molecular flexibility index (Phi) is 5.81. The van der Waals surface area contributed by atoms with Gasteiger partial charge < -0.3 is 24.9 Å². The van der Waals surface area contributed by atoms with Crippen molar-refractivity contribution in [1.82, 2.24) is 19.6 Å². The summed E-state index contributed by atoms with van der Waals surface area (Å²) in [5, 5.41) is 3.00. The minimum atomic E-state index is -0.536. The number of carbonyl (C=O) groups is 3. The molecule has 2 spiro atoms. The van der Waals surface area contributed by atoms with Crippen molar-refractivity contribution in [1.29, 1.82) is 0 Å². The number of nitrogens with zero attached hydrogens (tertiary/aromatic N) is 4. The highest BCUT2D eigenvalue weighted by atomic mass is 16.2. The van der Waals surface area contributed by atoms with Crippen LogP contribution in [-0.4, -0.2) is 91.4 Å². The molecule has 0 aliphatic carbocycles. The topological polar surface area (TPSA) is 76.2 Å². The van der Waals surface area contributed by atoms with Gasteiger partial charge in [-0.15, -0.1) is 0 Å². The van der Waals surface area contributed by atoms with Crippen molar-refractivity contribution in [2.75, 3.05) is 59.2 Å². The van der Waals surface area contributed by atoms with Crippen LogP contribution in [0.1, 0.15) is 31.7 Å². The van der Waals surface area contributed by atoms with Gasteiger partial charge in [-0.05, 0) is 43.4 Å². The van der Waals surface area contributed by atoms with Gasteiger partial charge in [-0.2, -0.15) is 0 Å². The highest BCUT2D eigenvalue weighted by molar-refractivity contribution is 5.90. The molecule has 5 amide bonds. The van der Waals surface area contributed by atoms with Gasteiger partial charge in [-0.3, -0.25) is 4.79 Å². The number of hydrogen-bond acceptors (Lipinski definition) is 3. The third kappa shape index (κ3) is 3.59. The summed E-state index contributed by atoms with van der Waals surface area (Å²) in [4.78, 5) is 46.1. The highest BCUT2D eigenvalue weighted by Crippen LogP contribution is 2.57. The number of rotatable bonds is 2. The number of fused-ring (bicyclic) bond motifs is 1. The van der Waals surface area contributed by atoms with Gasteiger partial charge in [0.25, 0.3) is 0 Å². The van der Waals surface area contributed by atoms with Crippen molar-refractivity contribution in [3.63, 3.8) is 0 Å². The van der Waals surface area contributed by atoms with Crippen LogP contribution in [0.25, 0.3) is 0 Å². The second-order valence-electron chi connectivity index (χ2n) is 9.84. The first-order valence-electron chi connectivity index (χ1n) is 11.6. The lowest BCUT2D eigenvalue weighted by Crippen LogP contribution is -2.54. The molecule has 0 bridgehead atoms. The van der Waals surface area contributed by atoms with E-state index in [0.29, 0.717) is 26.2 Å². The van der Waals surface area contributed by atoms with E-state index in [2.05, 4.69) is 12.2 Å². The van der Waals surface area contributed by atoms with E-state index in [9.17, 15) is 14.4 Å². The third-order valence-electron chi connectivity index (χ3n) is 7.87. The number of carbonyl (C=O) groups excluding carboxylic acids is 3. The number of benzene rings is 1. The standard InChI is InChI=1S/C24H35N5O3/c1-5-18-6-8-19(9-7-18)25-21(31)28-14-10-23(11-15-28)16-29(22(32)26(2)3)17-24(23)12-13-27(4)20(24)30/h6-9H,5,10-17H2,1-4H3,(H,25,31). The molecule has 4 rings (SSSR count). The fourth-order valence-corrected chi connectivity index (χ4v) is 5.86. The van der Waals surface area contributed by atoms with Crippen molar-refractivity contribution in [3.8, 4) is 0 Å². The summed E-state index contributed by atoms with van der Waals surface area (Å²) in [7, 11) is 5.36. The van der Waals surface area contributed by atoms with Crippen molar-refractivity contribution >= 4 is 23.7 Å². The highest BCUT2D eigenvalue weighted by Gasteiger charge is 2.65. The molecule has 1 unspecified atom stereocenters. The third-order valence-corrected chi connectivity index (χ3v) is 7.87. The van der Waals surface area contributed by atoms with E-state index in [1.807, 2.05) is 46.0 Å². The molecule has 3 fully saturated rings. The number of urea groups is 2. The Morgan fingerprint density at radius 3 is 2.19 bits per heavy atom. The van der Waals surface area contributed by atoms with Gasteiger partial charge in [0, 0.05) is 65.0 Å². The Bertz CT molecular complexity index is 891. The Morgan fingerprint density at radius 1 is 1.00 bits per heavy atom. The summed E-state index contributed by atoms with van der Waals surface area (Å²) >= 11 is 0. The average molecular weight is 442 g/mol. The molecule has 8 nitrogen and oxygen atoms in total. The van der Waals surface area contributed by atoms with Gasteiger partial charge in [-0.1, -0.05) is 19.1 Å². The van der Waals surface area contributed by atoms with Gasteiger partial charge in [0.15, 0.2) is 0 Å². The van der Waals surface area contributed by atoms with E-state index in [0.717, 1.165) is 37.9 Å². The summed E-state index contributed by atoms with van der Waals surface area (Å²) in [6.45, 7) is 5.06. The molecular formula is C24H35N5O3. The van der Waals surface area contributed by atoms with Crippen LogP contribution in [-0.2, 0) is 11.2 Å². The molecule has 1 aromatic carbocycles. The Morgan fingerprint density at radius 2 is 1.66 bits per heavy atom. The van der Waals surface area contributed by atoms with E-state index in [1.165, 1.54) is 5.56 Å². The first-order chi connectivity index (χ1) is 15.2. The molecule has 0 saturated carbocycles. The quantitative estimate of drug-likeness (QED) is 0.767. The lowest BCUT2D eigenvalue weighted by atomic mass is 9.60. The predicted molar refractivity (Wildman–Crippen MR) is 123 cm³/mol. The maximum absolute atomic E-state index is 13.3. The van der Waals surface area contributed by atoms with E-state index in [-0.39, 0.29) is 23.4 Å². The van der Waals surface area contributed by atoms with Crippen LogP contribution in [0, 0.1) is 10.8 Å². The number of piperidine rings is 1. The molecule has 1 aromatic rings. The molecule has 3 saturated heterocycles. The second kappa shape index (κ2) is 8.30. The smallest absolute Gasteiger partial charge is 0.321 e.